The predicted molar refractivity (Wildman–Crippen MR) is 63.0 cm³/mol. The Hall–Kier alpha value is -1.29. The van der Waals surface area contributed by atoms with Crippen molar-refractivity contribution in [1.82, 2.24) is 4.98 Å². The number of aliphatic hydroxyl groups excluding tert-OH is 1. The molecule has 0 radical (unpaired) electrons. The number of pyridine rings is 1. The highest BCUT2D eigenvalue weighted by Crippen LogP contribution is 2.16. The minimum absolute atomic E-state index is 0.144. The highest BCUT2D eigenvalue weighted by atomic mass is 16.3. The summed E-state index contributed by atoms with van der Waals surface area (Å²) in [4.78, 5) is 6.46. The molecule has 1 aromatic rings. The van der Waals surface area contributed by atoms with Gasteiger partial charge < -0.3 is 15.7 Å². The maximum absolute atomic E-state index is 8.95. The third kappa shape index (κ3) is 3.09. The molecule has 0 fully saturated rings. The zero-order chi connectivity index (χ0) is 11.3. The predicted octanol–water partition coefficient (Wildman–Crippen LogP) is 1.18. The lowest BCUT2D eigenvalue weighted by Crippen LogP contribution is -2.28. The summed E-state index contributed by atoms with van der Waals surface area (Å²) < 4.78 is 0. The average molecular weight is 209 g/mol. The minimum Gasteiger partial charge on any atom is -0.397 e. The van der Waals surface area contributed by atoms with Gasteiger partial charge in [-0.15, -0.1) is 0 Å². The van der Waals surface area contributed by atoms with E-state index < -0.39 is 0 Å². The third-order valence-electron chi connectivity index (χ3n) is 2.30. The van der Waals surface area contributed by atoms with Crippen LogP contribution in [0.3, 0.4) is 0 Å². The maximum Gasteiger partial charge on any atom is 0.129 e. The van der Waals surface area contributed by atoms with Gasteiger partial charge in [0.25, 0.3) is 0 Å². The zero-order valence-corrected chi connectivity index (χ0v) is 9.40. The average Bonchev–Trinajstić information content (AvgIpc) is 2.22. The van der Waals surface area contributed by atoms with Crippen molar-refractivity contribution in [2.45, 2.75) is 20.3 Å². The van der Waals surface area contributed by atoms with Crippen molar-refractivity contribution in [3.63, 3.8) is 0 Å². The Bertz CT molecular complexity index is 309. The molecule has 0 spiro atoms. The van der Waals surface area contributed by atoms with E-state index in [2.05, 4.69) is 16.8 Å². The van der Waals surface area contributed by atoms with Gasteiger partial charge in [-0.3, -0.25) is 0 Å². The van der Waals surface area contributed by atoms with Crippen LogP contribution in [-0.4, -0.2) is 29.8 Å². The number of hydrogen-bond donors (Lipinski definition) is 2. The summed E-state index contributed by atoms with van der Waals surface area (Å²) in [6.45, 7) is 5.66. The molecule has 4 heteroatoms. The molecule has 15 heavy (non-hydrogen) atoms. The summed E-state index contributed by atoms with van der Waals surface area (Å²) in [6, 6.07) is 3.76. The Morgan fingerprint density at radius 2 is 2.13 bits per heavy atom. The number of nitrogens with zero attached hydrogens (tertiary/aromatic N) is 2. The van der Waals surface area contributed by atoms with Gasteiger partial charge in [-0.1, -0.05) is 6.92 Å². The van der Waals surface area contributed by atoms with Gasteiger partial charge in [0.15, 0.2) is 0 Å². The van der Waals surface area contributed by atoms with Crippen molar-refractivity contribution < 1.29 is 5.11 Å². The Kier molecular flexibility index (Phi) is 4.37. The smallest absolute Gasteiger partial charge is 0.129 e. The highest BCUT2D eigenvalue weighted by Gasteiger charge is 2.07. The van der Waals surface area contributed by atoms with E-state index in [1.165, 1.54) is 0 Å². The summed E-state index contributed by atoms with van der Waals surface area (Å²) in [7, 11) is 0. The zero-order valence-electron chi connectivity index (χ0n) is 9.40. The summed E-state index contributed by atoms with van der Waals surface area (Å²) in [5, 5.41) is 8.95. The minimum atomic E-state index is 0.144. The van der Waals surface area contributed by atoms with Crippen LogP contribution < -0.4 is 10.6 Å². The van der Waals surface area contributed by atoms with E-state index in [1.54, 1.807) is 0 Å². The van der Waals surface area contributed by atoms with E-state index in [9.17, 15) is 0 Å². The molecule has 0 aromatic carbocycles. The van der Waals surface area contributed by atoms with Crippen molar-refractivity contribution >= 4 is 11.5 Å². The van der Waals surface area contributed by atoms with Crippen LogP contribution in [0.2, 0.25) is 0 Å². The molecule has 4 nitrogen and oxygen atoms in total. The van der Waals surface area contributed by atoms with Crippen molar-refractivity contribution in [3.05, 3.63) is 17.8 Å². The standard InChI is InChI=1S/C11H19N3O/c1-3-6-14(7-8-15)11-5-4-10(12)9(2)13-11/h4-5,15H,3,6-8,12H2,1-2H3. The van der Waals surface area contributed by atoms with Crippen LogP contribution in [0, 0.1) is 6.92 Å². The van der Waals surface area contributed by atoms with E-state index >= 15 is 0 Å². The van der Waals surface area contributed by atoms with Gasteiger partial charge in [0.1, 0.15) is 5.82 Å². The van der Waals surface area contributed by atoms with Crippen LogP contribution in [0.4, 0.5) is 11.5 Å². The second-order valence-electron chi connectivity index (χ2n) is 3.55. The van der Waals surface area contributed by atoms with Crippen molar-refractivity contribution in [2.75, 3.05) is 30.3 Å². The molecular formula is C11H19N3O. The van der Waals surface area contributed by atoms with E-state index in [-0.39, 0.29) is 6.61 Å². The number of anilines is 2. The quantitative estimate of drug-likeness (QED) is 0.764. The molecule has 0 aliphatic carbocycles. The number of aromatic nitrogens is 1. The fraction of sp³-hybridized carbons (Fsp3) is 0.545. The van der Waals surface area contributed by atoms with Crippen molar-refractivity contribution in [1.29, 1.82) is 0 Å². The molecule has 0 saturated carbocycles. The molecule has 0 unspecified atom stereocenters. The van der Waals surface area contributed by atoms with Crippen LogP contribution in [0.5, 0.6) is 0 Å². The largest absolute Gasteiger partial charge is 0.397 e. The van der Waals surface area contributed by atoms with E-state index in [1.807, 2.05) is 19.1 Å². The Morgan fingerprint density at radius 3 is 2.67 bits per heavy atom. The Morgan fingerprint density at radius 1 is 1.40 bits per heavy atom. The number of rotatable bonds is 5. The van der Waals surface area contributed by atoms with Crippen LogP contribution in [0.1, 0.15) is 19.0 Å². The monoisotopic (exact) mass is 209 g/mol. The molecule has 0 saturated heterocycles. The van der Waals surface area contributed by atoms with Crippen LogP contribution in [0.15, 0.2) is 12.1 Å². The lowest BCUT2D eigenvalue weighted by atomic mass is 10.3. The highest BCUT2D eigenvalue weighted by molar-refractivity contribution is 5.50. The maximum atomic E-state index is 8.95. The summed E-state index contributed by atoms with van der Waals surface area (Å²) in [5.41, 5.74) is 7.25. The third-order valence-corrected chi connectivity index (χ3v) is 2.30. The summed E-state index contributed by atoms with van der Waals surface area (Å²) in [5.74, 6) is 0.887. The second kappa shape index (κ2) is 5.56. The first-order valence-corrected chi connectivity index (χ1v) is 5.28. The van der Waals surface area contributed by atoms with Crippen molar-refractivity contribution in [3.8, 4) is 0 Å². The van der Waals surface area contributed by atoms with Crippen LogP contribution in [0.25, 0.3) is 0 Å². The van der Waals surface area contributed by atoms with Gasteiger partial charge >= 0.3 is 0 Å². The molecule has 1 aromatic heterocycles. The van der Waals surface area contributed by atoms with E-state index in [0.717, 1.165) is 24.5 Å². The first-order valence-electron chi connectivity index (χ1n) is 5.28. The molecule has 3 N–H and O–H groups in total. The first-order chi connectivity index (χ1) is 7.19. The molecule has 0 aliphatic heterocycles. The summed E-state index contributed by atoms with van der Waals surface area (Å²) in [6.07, 6.45) is 1.03. The molecule has 0 bridgehead atoms. The number of aliphatic hydroxyl groups is 1. The SMILES string of the molecule is CCCN(CCO)c1ccc(N)c(C)n1. The van der Waals surface area contributed by atoms with Crippen molar-refractivity contribution in [2.24, 2.45) is 0 Å². The molecule has 1 heterocycles. The molecule has 1 rings (SSSR count). The normalized spacial score (nSPS) is 10.3. The lowest BCUT2D eigenvalue weighted by molar-refractivity contribution is 0.301. The topological polar surface area (TPSA) is 62.4 Å². The fourth-order valence-electron chi connectivity index (χ4n) is 1.47. The van der Waals surface area contributed by atoms with Gasteiger partial charge in [0, 0.05) is 13.1 Å². The van der Waals surface area contributed by atoms with Gasteiger partial charge in [-0.25, -0.2) is 4.98 Å². The molecule has 0 amide bonds. The molecule has 84 valence electrons. The molecular weight excluding hydrogens is 190 g/mol. The number of nitrogens with two attached hydrogens (primary N) is 1. The molecule has 0 aliphatic rings. The van der Waals surface area contributed by atoms with Gasteiger partial charge in [0.2, 0.25) is 0 Å². The molecule has 0 atom stereocenters. The van der Waals surface area contributed by atoms with Crippen LogP contribution in [-0.2, 0) is 0 Å². The number of aryl methyl sites for hydroxylation is 1. The Labute approximate surface area is 90.7 Å². The number of hydrogen-bond acceptors (Lipinski definition) is 4. The van der Waals surface area contributed by atoms with Crippen LogP contribution >= 0.6 is 0 Å². The lowest BCUT2D eigenvalue weighted by Gasteiger charge is -2.22. The van der Waals surface area contributed by atoms with E-state index in [0.29, 0.717) is 12.2 Å². The van der Waals surface area contributed by atoms with Gasteiger partial charge in [-0.2, -0.15) is 0 Å². The summed E-state index contributed by atoms with van der Waals surface area (Å²) >= 11 is 0. The fourth-order valence-corrected chi connectivity index (χ4v) is 1.47. The van der Waals surface area contributed by atoms with Gasteiger partial charge in [0.05, 0.1) is 18.0 Å². The first kappa shape index (κ1) is 11.8. The van der Waals surface area contributed by atoms with E-state index in [4.69, 9.17) is 10.8 Å². The Balaban J connectivity index is 2.85. The number of nitrogen functional groups attached to an aromatic ring is 1. The second-order valence-corrected chi connectivity index (χ2v) is 3.55. The van der Waals surface area contributed by atoms with Gasteiger partial charge in [-0.05, 0) is 25.5 Å².